The van der Waals surface area contributed by atoms with Crippen molar-refractivity contribution in [2.24, 2.45) is 7.05 Å². The first-order chi connectivity index (χ1) is 12.6. The molecule has 1 aliphatic rings. The topological polar surface area (TPSA) is 26.0 Å². The quantitative estimate of drug-likeness (QED) is 0.632. The van der Waals surface area contributed by atoms with Crippen LogP contribution in [0.3, 0.4) is 0 Å². The number of hydrogen-bond donors (Lipinski definition) is 0. The Morgan fingerprint density at radius 3 is 2.58 bits per heavy atom. The molecule has 4 nitrogen and oxygen atoms in total. The first-order valence-corrected chi connectivity index (χ1v) is 9.23. The fraction of sp³-hybridized carbons (Fsp3) is 0.300. The molecule has 1 atom stereocenters. The zero-order chi connectivity index (χ0) is 18.1. The second-order valence-corrected chi connectivity index (χ2v) is 7.06. The highest BCUT2D eigenvalue weighted by Crippen LogP contribution is 2.32. The van der Waals surface area contributed by atoms with Gasteiger partial charge in [0.05, 0.1) is 6.67 Å². The van der Waals surface area contributed by atoms with Gasteiger partial charge in [-0.25, -0.2) is 9.07 Å². The van der Waals surface area contributed by atoms with Crippen LogP contribution < -0.4 is 0 Å². The van der Waals surface area contributed by atoms with E-state index in [1.807, 2.05) is 22.4 Å². The molecule has 134 valence electrons. The van der Waals surface area contributed by atoms with Gasteiger partial charge in [0.2, 0.25) is 0 Å². The second-order valence-electron chi connectivity index (χ2n) is 6.69. The average molecular weight is 368 g/mol. The number of rotatable bonds is 4. The maximum atomic E-state index is 13.2. The minimum absolute atomic E-state index is 0.253. The third kappa shape index (κ3) is 3.22. The largest absolute Gasteiger partial charge is 0.303 e. The summed E-state index contributed by atoms with van der Waals surface area (Å²) in [6.45, 7) is 1.69. The molecule has 4 rings (SSSR count). The fourth-order valence-corrected chi connectivity index (χ4v) is 3.84. The van der Waals surface area contributed by atoms with Gasteiger partial charge in [-0.1, -0.05) is 30.3 Å². The summed E-state index contributed by atoms with van der Waals surface area (Å²) in [5.41, 5.74) is 2.20. The van der Waals surface area contributed by atoms with Gasteiger partial charge in [0, 0.05) is 25.2 Å². The lowest BCUT2D eigenvalue weighted by Gasteiger charge is -2.24. The van der Waals surface area contributed by atoms with Crippen molar-refractivity contribution in [3.63, 3.8) is 0 Å². The summed E-state index contributed by atoms with van der Waals surface area (Å²) in [6.07, 6.45) is 2.32. The number of halogens is 1. The molecule has 1 aromatic heterocycles. The molecule has 0 bridgehead atoms. The molecule has 0 radical (unpaired) electrons. The molecule has 1 saturated heterocycles. The number of hydrogen-bond acceptors (Lipinski definition) is 3. The molecule has 0 saturated carbocycles. The molecule has 0 N–H and O–H groups in total. The molecule has 0 aliphatic carbocycles. The van der Waals surface area contributed by atoms with Gasteiger partial charge in [0.15, 0.2) is 10.6 Å². The maximum Gasteiger partial charge on any atom is 0.199 e. The number of likely N-dealkylation sites (tertiary alicyclic amines) is 1. The maximum absolute atomic E-state index is 13.2. The van der Waals surface area contributed by atoms with Gasteiger partial charge in [-0.05, 0) is 54.9 Å². The molecular weight excluding hydrogens is 347 g/mol. The van der Waals surface area contributed by atoms with Gasteiger partial charge in [0.25, 0.3) is 0 Å². The Bertz CT molecular complexity index is 946. The number of nitrogens with zero attached hydrogens (tertiary/aromatic N) is 4. The van der Waals surface area contributed by atoms with E-state index in [0.717, 1.165) is 24.4 Å². The van der Waals surface area contributed by atoms with Crippen molar-refractivity contribution in [3.05, 3.63) is 70.7 Å². The Balaban J connectivity index is 1.61. The van der Waals surface area contributed by atoms with Crippen molar-refractivity contribution in [2.45, 2.75) is 25.6 Å². The van der Waals surface area contributed by atoms with E-state index in [4.69, 9.17) is 17.3 Å². The van der Waals surface area contributed by atoms with Gasteiger partial charge in [-0.15, -0.1) is 0 Å². The molecule has 1 fully saturated rings. The van der Waals surface area contributed by atoms with E-state index in [1.165, 1.54) is 24.1 Å². The lowest BCUT2D eigenvalue weighted by atomic mass is 10.1. The van der Waals surface area contributed by atoms with E-state index in [-0.39, 0.29) is 5.82 Å². The van der Waals surface area contributed by atoms with Crippen LogP contribution in [-0.4, -0.2) is 25.8 Å². The van der Waals surface area contributed by atoms with Crippen LogP contribution in [0.15, 0.2) is 54.6 Å². The van der Waals surface area contributed by atoms with Gasteiger partial charge in [-0.3, -0.25) is 4.90 Å². The predicted octanol–water partition coefficient (Wildman–Crippen LogP) is 4.55. The van der Waals surface area contributed by atoms with Crippen LogP contribution in [-0.2, 0) is 13.7 Å². The van der Waals surface area contributed by atoms with Crippen molar-refractivity contribution < 1.29 is 4.39 Å². The van der Waals surface area contributed by atoms with E-state index < -0.39 is 0 Å². The predicted molar refractivity (Wildman–Crippen MR) is 103 cm³/mol. The van der Waals surface area contributed by atoms with Crippen molar-refractivity contribution in [3.8, 4) is 11.4 Å². The van der Waals surface area contributed by atoms with Crippen LogP contribution in [0.1, 0.15) is 24.4 Å². The number of benzene rings is 2. The van der Waals surface area contributed by atoms with Crippen LogP contribution in [0.25, 0.3) is 11.4 Å². The molecule has 0 unspecified atom stereocenters. The van der Waals surface area contributed by atoms with Crippen molar-refractivity contribution in [1.29, 1.82) is 0 Å². The molecule has 6 heteroatoms. The highest BCUT2D eigenvalue weighted by molar-refractivity contribution is 7.71. The molecule has 2 heterocycles. The highest BCUT2D eigenvalue weighted by Gasteiger charge is 2.26. The summed E-state index contributed by atoms with van der Waals surface area (Å²) in [5, 5.41) is 4.71. The first-order valence-electron chi connectivity index (χ1n) is 8.82. The third-order valence-corrected chi connectivity index (χ3v) is 5.49. The van der Waals surface area contributed by atoms with Crippen LogP contribution in [0.2, 0.25) is 0 Å². The summed E-state index contributed by atoms with van der Waals surface area (Å²) < 4.78 is 17.6. The monoisotopic (exact) mass is 368 g/mol. The molecule has 0 spiro atoms. The molecule has 3 aromatic rings. The van der Waals surface area contributed by atoms with E-state index in [2.05, 4.69) is 29.2 Å². The minimum Gasteiger partial charge on any atom is -0.303 e. The van der Waals surface area contributed by atoms with E-state index in [0.29, 0.717) is 17.5 Å². The average Bonchev–Trinajstić information content (AvgIpc) is 3.24. The van der Waals surface area contributed by atoms with Gasteiger partial charge < -0.3 is 4.57 Å². The Morgan fingerprint density at radius 2 is 1.85 bits per heavy atom. The summed E-state index contributed by atoms with van der Waals surface area (Å²) in [4.78, 5) is 2.42. The Morgan fingerprint density at radius 1 is 1.12 bits per heavy atom. The van der Waals surface area contributed by atoms with Gasteiger partial charge >= 0.3 is 0 Å². The highest BCUT2D eigenvalue weighted by atomic mass is 32.1. The molecule has 2 aromatic carbocycles. The molecule has 26 heavy (non-hydrogen) atoms. The van der Waals surface area contributed by atoms with E-state index >= 15 is 0 Å². The molecule has 1 aliphatic heterocycles. The summed E-state index contributed by atoms with van der Waals surface area (Å²) in [5.74, 6) is 0.502. The Labute approximate surface area is 157 Å². The summed E-state index contributed by atoms with van der Waals surface area (Å²) in [7, 11) is 1.91. The lowest BCUT2D eigenvalue weighted by molar-refractivity contribution is 0.190. The minimum atomic E-state index is -0.253. The van der Waals surface area contributed by atoms with Crippen LogP contribution in [0.5, 0.6) is 0 Å². The third-order valence-electron chi connectivity index (χ3n) is 5.01. The summed E-state index contributed by atoms with van der Waals surface area (Å²) in [6, 6.07) is 17.4. The SMILES string of the molecule is Cn1c(-c2ccc(F)cc2)nn(CN2CCC[C@@H]2c2ccccc2)c1=S. The zero-order valence-electron chi connectivity index (χ0n) is 14.7. The summed E-state index contributed by atoms with van der Waals surface area (Å²) >= 11 is 5.59. The lowest BCUT2D eigenvalue weighted by Crippen LogP contribution is -2.27. The Kier molecular flexibility index (Phi) is 4.70. The molecule has 0 amide bonds. The van der Waals surface area contributed by atoms with Crippen LogP contribution in [0, 0.1) is 10.6 Å². The fourth-order valence-electron chi connectivity index (χ4n) is 3.65. The van der Waals surface area contributed by atoms with Crippen molar-refractivity contribution in [2.75, 3.05) is 6.54 Å². The standard InChI is InChI=1S/C20H21FN4S/c1-23-19(16-9-11-17(21)12-10-16)22-25(20(23)26)14-24-13-5-8-18(24)15-6-3-2-4-7-15/h2-4,6-7,9-12,18H,5,8,13-14H2,1H3/t18-/m1/s1. The normalized spacial score (nSPS) is 17.7. The molecular formula is C20H21FN4S. The Hall–Kier alpha value is -2.31. The van der Waals surface area contributed by atoms with Crippen LogP contribution in [0.4, 0.5) is 4.39 Å². The van der Waals surface area contributed by atoms with E-state index in [9.17, 15) is 4.39 Å². The first kappa shape index (κ1) is 17.1. The second kappa shape index (κ2) is 7.13. The zero-order valence-corrected chi connectivity index (χ0v) is 15.5. The van der Waals surface area contributed by atoms with Gasteiger partial charge in [-0.2, -0.15) is 5.10 Å². The smallest absolute Gasteiger partial charge is 0.199 e. The van der Waals surface area contributed by atoms with E-state index in [1.54, 1.807) is 12.1 Å². The van der Waals surface area contributed by atoms with Crippen molar-refractivity contribution >= 4 is 12.2 Å². The van der Waals surface area contributed by atoms with Crippen molar-refractivity contribution in [1.82, 2.24) is 19.2 Å². The van der Waals surface area contributed by atoms with Gasteiger partial charge in [0.1, 0.15) is 5.82 Å². The number of aromatic nitrogens is 3. The van der Waals surface area contributed by atoms with Crippen LogP contribution >= 0.6 is 12.2 Å².